The number of aromatic nitrogens is 4. The van der Waals surface area contributed by atoms with Crippen LogP contribution in [0.25, 0.3) is 10.9 Å². The maximum Gasteiger partial charge on any atom is 0.433 e. The van der Waals surface area contributed by atoms with Crippen LogP contribution in [0.2, 0.25) is 0 Å². The lowest BCUT2D eigenvalue weighted by atomic mass is 10.1. The van der Waals surface area contributed by atoms with Crippen molar-refractivity contribution in [2.45, 2.75) is 26.6 Å². The molecule has 1 N–H and O–H groups in total. The minimum Gasteiger partial charge on any atom is -0.319 e. The molecule has 0 bridgehead atoms. The van der Waals surface area contributed by atoms with E-state index in [1.807, 2.05) is 6.07 Å². The molecule has 11 heteroatoms. The SMILES string of the molecule is Cc1nn(Cc2ccc(C#N)cn2)c(C)c1NC(=O)c1cc(C(F)(F)F)nc2ccc(Br)cc12. The van der Waals surface area contributed by atoms with E-state index in [0.29, 0.717) is 32.8 Å². The van der Waals surface area contributed by atoms with Crippen LogP contribution in [-0.4, -0.2) is 25.7 Å². The first kappa shape index (κ1) is 23.4. The molecule has 1 amide bonds. The van der Waals surface area contributed by atoms with Crippen molar-refractivity contribution in [3.63, 3.8) is 0 Å². The van der Waals surface area contributed by atoms with Gasteiger partial charge in [-0.3, -0.25) is 14.5 Å². The van der Waals surface area contributed by atoms with Gasteiger partial charge in [0.25, 0.3) is 5.91 Å². The molecule has 0 fully saturated rings. The van der Waals surface area contributed by atoms with Gasteiger partial charge in [0.1, 0.15) is 11.8 Å². The highest BCUT2D eigenvalue weighted by molar-refractivity contribution is 9.10. The Morgan fingerprint density at radius 2 is 1.97 bits per heavy atom. The number of carbonyl (C=O) groups is 1. The molecule has 0 aliphatic carbocycles. The second kappa shape index (κ2) is 8.87. The maximum absolute atomic E-state index is 13.4. The first-order valence-electron chi connectivity index (χ1n) is 9.94. The van der Waals surface area contributed by atoms with Gasteiger partial charge in [0, 0.05) is 16.1 Å². The topological polar surface area (TPSA) is 96.5 Å². The van der Waals surface area contributed by atoms with Crippen molar-refractivity contribution in [3.8, 4) is 6.07 Å². The lowest BCUT2D eigenvalue weighted by Crippen LogP contribution is -2.17. The molecular weight excluding hydrogens is 513 g/mol. The molecule has 0 spiro atoms. The van der Waals surface area contributed by atoms with E-state index in [4.69, 9.17) is 5.26 Å². The second-order valence-corrected chi connectivity index (χ2v) is 8.44. The molecular formula is C23H16BrF3N6O. The molecule has 3 heterocycles. The summed E-state index contributed by atoms with van der Waals surface area (Å²) in [6.45, 7) is 3.72. The average molecular weight is 529 g/mol. The van der Waals surface area contributed by atoms with Crippen molar-refractivity contribution in [2.24, 2.45) is 0 Å². The average Bonchev–Trinajstić information content (AvgIpc) is 3.05. The number of rotatable bonds is 4. The normalized spacial score (nSPS) is 11.4. The predicted octanol–water partition coefficient (Wildman–Crippen LogP) is 5.40. The van der Waals surface area contributed by atoms with Crippen molar-refractivity contribution >= 4 is 38.4 Å². The zero-order valence-electron chi connectivity index (χ0n) is 17.9. The van der Waals surface area contributed by atoms with E-state index < -0.39 is 17.8 Å². The maximum atomic E-state index is 13.4. The van der Waals surface area contributed by atoms with Crippen LogP contribution in [0.1, 0.15) is 38.7 Å². The van der Waals surface area contributed by atoms with Gasteiger partial charge in [-0.1, -0.05) is 15.9 Å². The van der Waals surface area contributed by atoms with E-state index in [1.54, 1.807) is 42.8 Å². The van der Waals surface area contributed by atoms with Crippen LogP contribution in [0.15, 0.2) is 47.1 Å². The molecule has 1 aromatic carbocycles. The standard InChI is InChI=1S/C23H16BrF3N6O/c1-12-21(13(2)33(32-12)11-16-5-3-14(9-28)10-29-16)31-22(34)18-8-20(23(25,26)27)30-19-6-4-15(24)7-17(18)19/h3-8,10H,11H2,1-2H3,(H,31,34). The summed E-state index contributed by atoms with van der Waals surface area (Å²) in [6.07, 6.45) is -3.25. The second-order valence-electron chi connectivity index (χ2n) is 7.52. The number of nitrogens with zero attached hydrogens (tertiary/aromatic N) is 5. The number of hydrogen-bond donors (Lipinski definition) is 1. The number of benzene rings is 1. The Morgan fingerprint density at radius 3 is 2.62 bits per heavy atom. The predicted molar refractivity (Wildman–Crippen MR) is 122 cm³/mol. The lowest BCUT2D eigenvalue weighted by molar-refractivity contribution is -0.140. The third-order valence-corrected chi connectivity index (χ3v) is 5.68. The fraction of sp³-hybridized carbons (Fsp3) is 0.174. The summed E-state index contributed by atoms with van der Waals surface area (Å²) in [6, 6.07) is 10.6. The van der Waals surface area contributed by atoms with Crippen LogP contribution in [0.4, 0.5) is 18.9 Å². The van der Waals surface area contributed by atoms with Gasteiger partial charge in [0.05, 0.1) is 46.0 Å². The number of nitrogens with one attached hydrogen (secondary N) is 1. The molecule has 0 aliphatic heterocycles. The van der Waals surface area contributed by atoms with Gasteiger partial charge in [0.15, 0.2) is 0 Å². The molecule has 4 aromatic rings. The largest absolute Gasteiger partial charge is 0.433 e. The Kier molecular flexibility index (Phi) is 6.10. The minimum atomic E-state index is -4.71. The Hall–Kier alpha value is -3.78. The Balaban J connectivity index is 1.69. The fourth-order valence-corrected chi connectivity index (χ4v) is 3.84. The van der Waals surface area contributed by atoms with Gasteiger partial charge >= 0.3 is 6.18 Å². The molecule has 0 unspecified atom stereocenters. The van der Waals surface area contributed by atoms with Crippen molar-refractivity contribution in [3.05, 3.63) is 81.0 Å². The number of anilines is 1. The summed E-state index contributed by atoms with van der Waals surface area (Å²) in [5.74, 6) is -0.710. The number of hydrogen-bond acceptors (Lipinski definition) is 5. The highest BCUT2D eigenvalue weighted by Gasteiger charge is 2.34. The summed E-state index contributed by atoms with van der Waals surface area (Å²) in [7, 11) is 0. The minimum absolute atomic E-state index is 0.0548. The van der Waals surface area contributed by atoms with Crippen LogP contribution < -0.4 is 5.32 Å². The smallest absolute Gasteiger partial charge is 0.319 e. The first-order chi connectivity index (χ1) is 16.1. The quantitative estimate of drug-likeness (QED) is 0.382. The van der Waals surface area contributed by atoms with E-state index in [0.717, 1.165) is 6.07 Å². The molecule has 4 rings (SSSR count). The van der Waals surface area contributed by atoms with E-state index in [2.05, 4.69) is 36.3 Å². The Labute approximate surface area is 200 Å². The van der Waals surface area contributed by atoms with Gasteiger partial charge in [-0.15, -0.1) is 0 Å². The van der Waals surface area contributed by atoms with E-state index in [9.17, 15) is 18.0 Å². The lowest BCUT2D eigenvalue weighted by Gasteiger charge is -2.13. The molecule has 34 heavy (non-hydrogen) atoms. The van der Waals surface area contributed by atoms with Crippen LogP contribution >= 0.6 is 15.9 Å². The number of carbonyl (C=O) groups excluding carboxylic acids is 1. The highest BCUT2D eigenvalue weighted by Crippen LogP contribution is 2.32. The fourth-order valence-electron chi connectivity index (χ4n) is 3.48. The number of halogens is 4. The summed E-state index contributed by atoms with van der Waals surface area (Å²) in [4.78, 5) is 21.0. The van der Waals surface area contributed by atoms with Crippen molar-refractivity contribution < 1.29 is 18.0 Å². The van der Waals surface area contributed by atoms with Gasteiger partial charge in [-0.25, -0.2) is 4.98 Å². The van der Waals surface area contributed by atoms with E-state index >= 15 is 0 Å². The van der Waals surface area contributed by atoms with E-state index in [1.165, 1.54) is 12.3 Å². The summed E-state index contributed by atoms with van der Waals surface area (Å²) in [5, 5.41) is 16.3. The van der Waals surface area contributed by atoms with Gasteiger partial charge in [-0.2, -0.15) is 23.5 Å². The Morgan fingerprint density at radius 1 is 1.21 bits per heavy atom. The number of nitriles is 1. The third-order valence-electron chi connectivity index (χ3n) is 5.19. The monoisotopic (exact) mass is 528 g/mol. The van der Waals surface area contributed by atoms with Crippen LogP contribution in [-0.2, 0) is 12.7 Å². The van der Waals surface area contributed by atoms with Crippen LogP contribution in [0, 0.1) is 25.2 Å². The summed E-state index contributed by atoms with van der Waals surface area (Å²) >= 11 is 3.29. The van der Waals surface area contributed by atoms with Crippen LogP contribution in [0.5, 0.6) is 0 Å². The number of fused-ring (bicyclic) bond motifs is 1. The zero-order chi connectivity index (χ0) is 24.6. The van der Waals surface area contributed by atoms with Gasteiger partial charge in [-0.05, 0) is 50.2 Å². The molecule has 172 valence electrons. The van der Waals surface area contributed by atoms with Gasteiger partial charge < -0.3 is 5.32 Å². The first-order valence-corrected chi connectivity index (χ1v) is 10.7. The van der Waals surface area contributed by atoms with Crippen molar-refractivity contribution in [1.29, 1.82) is 5.26 Å². The summed E-state index contributed by atoms with van der Waals surface area (Å²) in [5.41, 5.74) is 1.33. The molecule has 0 atom stereocenters. The Bertz CT molecular complexity index is 1460. The molecule has 0 radical (unpaired) electrons. The van der Waals surface area contributed by atoms with Gasteiger partial charge in [0.2, 0.25) is 0 Å². The molecule has 7 nitrogen and oxygen atoms in total. The van der Waals surface area contributed by atoms with E-state index in [-0.39, 0.29) is 23.0 Å². The molecule has 3 aromatic heterocycles. The zero-order valence-corrected chi connectivity index (χ0v) is 19.5. The number of alkyl halides is 3. The van der Waals surface area contributed by atoms with Crippen molar-refractivity contribution in [2.75, 3.05) is 5.32 Å². The third kappa shape index (κ3) is 4.63. The van der Waals surface area contributed by atoms with Crippen LogP contribution in [0.3, 0.4) is 0 Å². The number of amides is 1. The number of aryl methyl sites for hydroxylation is 1. The summed E-state index contributed by atoms with van der Waals surface area (Å²) < 4.78 is 42.5. The number of pyridine rings is 2. The molecule has 0 saturated heterocycles. The highest BCUT2D eigenvalue weighted by atomic mass is 79.9. The molecule has 0 aliphatic rings. The molecule has 0 saturated carbocycles. The van der Waals surface area contributed by atoms with Crippen molar-refractivity contribution in [1.82, 2.24) is 19.7 Å².